The Morgan fingerprint density at radius 2 is 1.47 bits per heavy atom. The molecule has 7 heteroatoms. The molecule has 0 heterocycles. The summed E-state index contributed by atoms with van der Waals surface area (Å²) in [5.41, 5.74) is 0. The second-order valence-electron chi connectivity index (χ2n) is 3.44. The van der Waals surface area contributed by atoms with Gasteiger partial charge in [-0.25, -0.2) is 0 Å². The minimum Gasteiger partial charge on any atom is -0.465 e. The van der Waals surface area contributed by atoms with Gasteiger partial charge in [0.15, 0.2) is 0 Å². The molecular weight excluding hydrogens is 286 g/mol. The molecule has 19 heavy (non-hydrogen) atoms. The summed E-state index contributed by atoms with van der Waals surface area (Å²) in [7, 11) is 0. The number of ether oxygens (including phenoxy) is 2. The fourth-order valence-electron chi connectivity index (χ4n) is 1.29. The normalized spacial score (nSPS) is 10.2. The number of carbonyl (C=O) groups is 2. The van der Waals surface area contributed by atoms with Crippen molar-refractivity contribution in [3.8, 4) is 0 Å². The standard InChI is InChI=1S/C12H21NO4S2/c1-5-13(6-2)12(18)19-9(10(14)16-7-3)11(15)17-8-4/h9H,5-8H2,1-4H3. The first-order chi connectivity index (χ1) is 9.01. The van der Waals surface area contributed by atoms with E-state index in [2.05, 4.69) is 0 Å². The molecule has 0 aliphatic carbocycles. The maximum atomic E-state index is 11.8. The molecule has 0 fully saturated rings. The molecule has 0 aromatic rings. The Kier molecular flexibility index (Phi) is 9.59. The van der Waals surface area contributed by atoms with Gasteiger partial charge in [0.25, 0.3) is 0 Å². The van der Waals surface area contributed by atoms with Crippen LogP contribution in [0.1, 0.15) is 27.7 Å². The van der Waals surface area contributed by atoms with Gasteiger partial charge in [0.2, 0.25) is 5.25 Å². The molecule has 0 bridgehead atoms. The van der Waals surface area contributed by atoms with Gasteiger partial charge in [0, 0.05) is 13.1 Å². The highest BCUT2D eigenvalue weighted by molar-refractivity contribution is 8.24. The van der Waals surface area contributed by atoms with Gasteiger partial charge in [0.1, 0.15) is 4.32 Å². The van der Waals surface area contributed by atoms with Crippen LogP contribution in [-0.2, 0) is 19.1 Å². The monoisotopic (exact) mass is 307 g/mol. The summed E-state index contributed by atoms with van der Waals surface area (Å²) in [6.45, 7) is 9.17. The zero-order valence-corrected chi connectivity index (χ0v) is 13.4. The highest BCUT2D eigenvalue weighted by Crippen LogP contribution is 2.19. The summed E-state index contributed by atoms with van der Waals surface area (Å²) in [5.74, 6) is -1.22. The van der Waals surface area contributed by atoms with E-state index in [4.69, 9.17) is 21.7 Å². The van der Waals surface area contributed by atoms with E-state index < -0.39 is 17.2 Å². The highest BCUT2D eigenvalue weighted by atomic mass is 32.2. The second kappa shape index (κ2) is 10.0. The third kappa shape index (κ3) is 6.24. The number of thioether (sulfide) groups is 1. The van der Waals surface area contributed by atoms with E-state index >= 15 is 0 Å². The van der Waals surface area contributed by atoms with Crippen LogP contribution in [0.15, 0.2) is 0 Å². The van der Waals surface area contributed by atoms with Crippen LogP contribution in [0.25, 0.3) is 0 Å². The first-order valence-corrected chi connectivity index (χ1v) is 7.59. The average molecular weight is 307 g/mol. The Labute approximate surface area is 124 Å². The summed E-state index contributed by atoms with van der Waals surface area (Å²) in [6.07, 6.45) is 0. The fraction of sp³-hybridized carbons (Fsp3) is 0.750. The van der Waals surface area contributed by atoms with Crippen molar-refractivity contribution in [2.24, 2.45) is 0 Å². The van der Waals surface area contributed by atoms with Gasteiger partial charge >= 0.3 is 11.9 Å². The predicted molar refractivity (Wildman–Crippen MR) is 80.2 cm³/mol. The van der Waals surface area contributed by atoms with Crippen LogP contribution in [0, 0.1) is 0 Å². The largest absolute Gasteiger partial charge is 0.465 e. The molecule has 0 radical (unpaired) electrons. The van der Waals surface area contributed by atoms with Gasteiger partial charge in [-0.05, 0) is 27.7 Å². The molecule has 0 atom stereocenters. The zero-order chi connectivity index (χ0) is 14.8. The van der Waals surface area contributed by atoms with Crippen molar-refractivity contribution in [1.29, 1.82) is 0 Å². The molecule has 110 valence electrons. The van der Waals surface area contributed by atoms with E-state index in [9.17, 15) is 9.59 Å². The maximum Gasteiger partial charge on any atom is 0.331 e. The molecule has 0 spiro atoms. The Hall–Kier alpha value is -0.820. The van der Waals surface area contributed by atoms with Crippen molar-refractivity contribution in [2.75, 3.05) is 26.3 Å². The molecule has 0 aliphatic heterocycles. The molecule has 0 amide bonds. The minimum atomic E-state index is -1.05. The fourth-order valence-corrected chi connectivity index (χ4v) is 2.77. The SMILES string of the molecule is CCOC(=O)C(SC(=S)N(CC)CC)C(=O)OCC. The van der Waals surface area contributed by atoms with Gasteiger partial charge in [0.05, 0.1) is 13.2 Å². The number of rotatable bonds is 7. The predicted octanol–water partition coefficient (Wildman–Crippen LogP) is 1.84. The number of hydrogen-bond donors (Lipinski definition) is 0. The summed E-state index contributed by atoms with van der Waals surface area (Å²) in [5, 5.41) is -1.05. The Balaban J connectivity index is 4.79. The summed E-state index contributed by atoms with van der Waals surface area (Å²) >= 11 is 6.24. The van der Waals surface area contributed by atoms with Crippen molar-refractivity contribution in [3.63, 3.8) is 0 Å². The minimum absolute atomic E-state index is 0.216. The van der Waals surface area contributed by atoms with Gasteiger partial charge in [-0.2, -0.15) is 0 Å². The molecule has 0 unspecified atom stereocenters. The molecule has 0 saturated heterocycles. The van der Waals surface area contributed by atoms with Crippen molar-refractivity contribution in [3.05, 3.63) is 0 Å². The van der Waals surface area contributed by atoms with Gasteiger partial charge < -0.3 is 14.4 Å². The van der Waals surface area contributed by atoms with Crippen molar-refractivity contribution < 1.29 is 19.1 Å². The average Bonchev–Trinajstić information content (AvgIpc) is 2.37. The number of carbonyl (C=O) groups excluding carboxylic acids is 2. The van der Waals surface area contributed by atoms with Crippen LogP contribution < -0.4 is 0 Å². The maximum absolute atomic E-state index is 11.8. The smallest absolute Gasteiger partial charge is 0.331 e. The lowest BCUT2D eigenvalue weighted by Gasteiger charge is -2.23. The van der Waals surface area contributed by atoms with E-state index in [1.165, 1.54) is 0 Å². The van der Waals surface area contributed by atoms with Crippen molar-refractivity contribution >= 4 is 40.2 Å². The molecule has 0 aliphatic rings. The summed E-state index contributed by atoms with van der Waals surface area (Å²) < 4.78 is 10.3. The van der Waals surface area contributed by atoms with E-state index in [1.54, 1.807) is 13.8 Å². The lowest BCUT2D eigenvalue weighted by atomic mass is 10.4. The lowest BCUT2D eigenvalue weighted by Crippen LogP contribution is -2.35. The van der Waals surface area contributed by atoms with Crippen molar-refractivity contribution in [2.45, 2.75) is 32.9 Å². The number of thiocarbonyl (C=S) groups is 1. The summed E-state index contributed by atoms with van der Waals surface area (Å²) in [6, 6.07) is 0. The van der Waals surface area contributed by atoms with E-state index in [1.807, 2.05) is 18.7 Å². The quantitative estimate of drug-likeness (QED) is 0.404. The molecule has 0 N–H and O–H groups in total. The van der Waals surface area contributed by atoms with E-state index in [-0.39, 0.29) is 13.2 Å². The Morgan fingerprint density at radius 1 is 1.05 bits per heavy atom. The number of hydrogen-bond acceptors (Lipinski definition) is 6. The molecule has 0 rings (SSSR count). The first-order valence-electron chi connectivity index (χ1n) is 6.30. The van der Waals surface area contributed by atoms with Crippen LogP contribution in [-0.4, -0.2) is 52.7 Å². The van der Waals surface area contributed by atoms with E-state index in [0.717, 1.165) is 24.9 Å². The Bertz CT molecular complexity index is 301. The molecular formula is C12H21NO4S2. The highest BCUT2D eigenvalue weighted by Gasteiger charge is 2.32. The Morgan fingerprint density at radius 3 is 1.79 bits per heavy atom. The topological polar surface area (TPSA) is 55.8 Å². The second-order valence-corrected chi connectivity index (χ2v) is 5.18. The zero-order valence-electron chi connectivity index (χ0n) is 11.8. The van der Waals surface area contributed by atoms with Crippen LogP contribution in [0.2, 0.25) is 0 Å². The van der Waals surface area contributed by atoms with Gasteiger partial charge in [-0.15, -0.1) is 0 Å². The molecule has 0 aromatic heterocycles. The van der Waals surface area contributed by atoms with Crippen LogP contribution >= 0.6 is 24.0 Å². The van der Waals surface area contributed by atoms with Crippen molar-refractivity contribution in [1.82, 2.24) is 4.90 Å². The number of nitrogens with zero attached hydrogens (tertiary/aromatic N) is 1. The van der Waals surface area contributed by atoms with Crippen LogP contribution in [0.5, 0.6) is 0 Å². The van der Waals surface area contributed by atoms with Crippen LogP contribution in [0.4, 0.5) is 0 Å². The molecule has 0 saturated carbocycles. The van der Waals surface area contributed by atoms with Crippen LogP contribution in [0.3, 0.4) is 0 Å². The van der Waals surface area contributed by atoms with Gasteiger partial charge in [-0.1, -0.05) is 24.0 Å². The van der Waals surface area contributed by atoms with E-state index in [0.29, 0.717) is 4.32 Å². The number of esters is 2. The third-order valence-electron chi connectivity index (χ3n) is 2.24. The third-order valence-corrected chi connectivity index (χ3v) is 3.87. The molecule has 0 aromatic carbocycles. The first kappa shape index (κ1) is 18.2. The van der Waals surface area contributed by atoms with Gasteiger partial charge in [-0.3, -0.25) is 9.59 Å². The molecule has 5 nitrogen and oxygen atoms in total. The lowest BCUT2D eigenvalue weighted by molar-refractivity contribution is -0.152. The summed E-state index contributed by atoms with van der Waals surface area (Å²) in [4.78, 5) is 25.4.